The average molecular weight is 274 g/mol. The summed E-state index contributed by atoms with van der Waals surface area (Å²) >= 11 is 0. The molecule has 0 bridgehead atoms. The van der Waals surface area contributed by atoms with Crippen LogP contribution in [0, 0.1) is 0 Å². The van der Waals surface area contributed by atoms with E-state index in [1.54, 1.807) is 10.8 Å². The number of Topliss-reactive ketones (excluding diaryl/α,β-unsaturated/α-hetero) is 1. The molecule has 104 valence electrons. The highest BCUT2D eigenvalue weighted by Crippen LogP contribution is 2.33. The van der Waals surface area contributed by atoms with Gasteiger partial charge in [0.05, 0.1) is 18.9 Å². The minimum atomic E-state index is -0.561. The molecule has 1 aromatic heterocycles. The summed E-state index contributed by atoms with van der Waals surface area (Å²) in [6.07, 6.45) is 8.36. The van der Waals surface area contributed by atoms with E-state index in [0.29, 0.717) is 24.9 Å². The van der Waals surface area contributed by atoms with Gasteiger partial charge in [-0.05, 0) is 18.8 Å². The van der Waals surface area contributed by atoms with Crippen LogP contribution in [0.3, 0.4) is 0 Å². The minimum absolute atomic E-state index is 0.125. The Labute approximate surface area is 109 Å². The van der Waals surface area contributed by atoms with Crippen LogP contribution in [0.15, 0.2) is 6.20 Å². The molecule has 0 aliphatic heterocycles. The number of aliphatic hydroxyl groups is 1. The predicted molar refractivity (Wildman–Crippen MR) is 74.3 cm³/mol. The van der Waals surface area contributed by atoms with Crippen molar-refractivity contribution in [1.29, 1.82) is 0 Å². The molecule has 1 heterocycles. The summed E-state index contributed by atoms with van der Waals surface area (Å²) in [4.78, 5) is 15.4. The van der Waals surface area contributed by atoms with Crippen molar-refractivity contribution in [3.05, 3.63) is 17.7 Å². The zero-order valence-corrected chi connectivity index (χ0v) is 12.3. The molecule has 0 amide bonds. The van der Waals surface area contributed by atoms with Crippen LogP contribution in [0.5, 0.6) is 0 Å². The van der Waals surface area contributed by atoms with Crippen molar-refractivity contribution in [3.63, 3.8) is 0 Å². The maximum absolute atomic E-state index is 11.4. The van der Waals surface area contributed by atoms with Crippen LogP contribution >= 0.6 is 10.0 Å². The second-order valence-corrected chi connectivity index (χ2v) is 9.66. The number of carbonyl (C=O) groups excluding carboxylic acids is 1. The summed E-state index contributed by atoms with van der Waals surface area (Å²) in [6.45, 7) is 2.26. The van der Waals surface area contributed by atoms with Gasteiger partial charge in [-0.3, -0.25) is 4.79 Å². The quantitative estimate of drug-likeness (QED) is 0.600. The summed E-state index contributed by atoms with van der Waals surface area (Å²) in [5, 5.41) is 9.01. The molecule has 18 heavy (non-hydrogen) atoms. The van der Waals surface area contributed by atoms with Crippen LogP contribution in [0.25, 0.3) is 0 Å². The van der Waals surface area contributed by atoms with Crippen LogP contribution in [-0.2, 0) is 18.1 Å². The molecular formula is C12H22N2O3S. The molecule has 1 rings (SSSR count). The van der Waals surface area contributed by atoms with E-state index in [9.17, 15) is 4.79 Å². The second-order valence-electron chi connectivity index (χ2n) is 5.07. The van der Waals surface area contributed by atoms with Gasteiger partial charge in [0, 0.05) is 18.9 Å². The van der Waals surface area contributed by atoms with E-state index in [4.69, 9.17) is 9.84 Å². The van der Waals surface area contributed by atoms with E-state index >= 15 is 0 Å². The lowest BCUT2D eigenvalue weighted by atomic mass is 10.4. The third-order valence-electron chi connectivity index (χ3n) is 2.37. The first-order valence-corrected chi connectivity index (χ1v) is 8.78. The Morgan fingerprint density at radius 2 is 2.17 bits per heavy atom. The highest BCUT2D eigenvalue weighted by Gasteiger charge is 2.11. The van der Waals surface area contributed by atoms with E-state index in [1.165, 1.54) is 6.92 Å². The summed E-state index contributed by atoms with van der Waals surface area (Å²) in [5.74, 6) is 1.24. The maximum Gasteiger partial charge on any atom is 0.195 e. The Bertz CT molecular complexity index is 410. The fourth-order valence-corrected chi connectivity index (χ4v) is 2.02. The van der Waals surface area contributed by atoms with Crippen LogP contribution < -0.4 is 0 Å². The molecule has 0 spiro atoms. The molecule has 6 heteroatoms. The smallest absolute Gasteiger partial charge is 0.195 e. The first-order valence-electron chi connectivity index (χ1n) is 5.75. The Kier molecular flexibility index (Phi) is 5.37. The Balaban J connectivity index is 2.56. The molecule has 0 saturated carbocycles. The first kappa shape index (κ1) is 15.2. The van der Waals surface area contributed by atoms with Gasteiger partial charge < -0.3 is 14.4 Å². The number of nitrogens with zero attached hydrogens (tertiary/aromatic N) is 2. The van der Waals surface area contributed by atoms with Crippen LogP contribution in [0.2, 0.25) is 0 Å². The topological polar surface area (TPSA) is 64.3 Å². The number of aromatic nitrogens is 2. The third-order valence-corrected chi connectivity index (χ3v) is 3.77. The Morgan fingerprint density at radius 3 is 2.67 bits per heavy atom. The number of hydrogen-bond donors (Lipinski definition) is 1. The molecule has 0 aliphatic carbocycles. The first-order chi connectivity index (χ1) is 8.33. The lowest BCUT2D eigenvalue weighted by Gasteiger charge is -2.24. The van der Waals surface area contributed by atoms with Gasteiger partial charge in [0.25, 0.3) is 0 Å². The number of rotatable bonds is 7. The van der Waals surface area contributed by atoms with E-state index in [0.717, 1.165) is 5.75 Å². The van der Waals surface area contributed by atoms with Gasteiger partial charge in [-0.25, -0.2) is 15.0 Å². The molecule has 5 nitrogen and oxygen atoms in total. The number of ketones is 1. The monoisotopic (exact) mass is 274 g/mol. The highest BCUT2D eigenvalue weighted by atomic mass is 32.3. The van der Waals surface area contributed by atoms with Crippen molar-refractivity contribution in [1.82, 2.24) is 9.55 Å². The zero-order chi connectivity index (χ0) is 13.8. The molecule has 0 radical (unpaired) electrons. The predicted octanol–water partition coefficient (Wildman–Crippen LogP) is 1.25. The van der Waals surface area contributed by atoms with Gasteiger partial charge in [-0.1, -0.05) is 0 Å². The number of hydrogen-bond acceptors (Lipinski definition) is 4. The molecule has 0 saturated heterocycles. The van der Waals surface area contributed by atoms with Crippen LogP contribution in [0.4, 0.5) is 0 Å². The lowest BCUT2D eigenvalue weighted by molar-refractivity contribution is 0.0823. The fraction of sp³-hybridized carbons (Fsp3) is 0.667. The molecule has 1 aromatic rings. The molecular weight excluding hydrogens is 252 g/mol. The summed E-state index contributed by atoms with van der Waals surface area (Å²) in [7, 11) is -0.561. The van der Waals surface area contributed by atoms with Crippen molar-refractivity contribution in [2.45, 2.75) is 20.3 Å². The SMILES string of the molecule is CC(=O)c1nc(CO)cn1COCCS(C)(C)C. The van der Waals surface area contributed by atoms with Gasteiger partial charge >= 0.3 is 0 Å². The largest absolute Gasteiger partial charge is 0.390 e. The van der Waals surface area contributed by atoms with Gasteiger partial charge in [-0.2, -0.15) is 0 Å². The van der Waals surface area contributed by atoms with Gasteiger partial charge in [0.2, 0.25) is 0 Å². The average Bonchev–Trinajstić information content (AvgIpc) is 2.66. The van der Waals surface area contributed by atoms with E-state index < -0.39 is 10.0 Å². The molecule has 1 N–H and O–H groups in total. The summed E-state index contributed by atoms with van der Waals surface area (Å²) < 4.78 is 7.20. The van der Waals surface area contributed by atoms with E-state index in [1.807, 2.05) is 0 Å². The zero-order valence-electron chi connectivity index (χ0n) is 11.5. The Hall–Kier alpha value is -0.850. The van der Waals surface area contributed by atoms with Gasteiger partial charge in [0.15, 0.2) is 11.6 Å². The second kappa shape index (κ2) is 6.36. The lowest BCUT2D eigenvalue weighted by Crippen LogP contribution is -2.13. The molecule has 0 fully saturated rings. The number of ether oxygens (including phenoxy) is 1. The van der Waals surface area contributed by atoms with Gasteiger partial charge in [0.1, 0.15) is 6.73 Å². The standard InChI is InChI=1S/C12H22N2O3S/c1-10(16)12-13-11(8-15)7-14(12)9-17-5-6-18(2,3)4/h7,15H,5-6,8-9H2,1-4H3. The Morgan fingerprint density at radius 1 is 1.50 bits per heavy atom. The number of aliphatic hydroxyl groups excluding tert-OH is 1. The number of carbonyl (C=O) groups is 1. The minimum Gasteiger partial charge on any atom is -0.390 e. The molecule has 0 atom stereocenters. The van der Waals surface area contributed by atoms with Crippen LogP contribution in [-0.4, -0.2) is 51.6 Å². The van der Waals surface area contributed by atoms with Crippen molar-refractivity contribution in [2.75, 3.05) is 31.1 Å². The van der Waals surface area contributed by atoms with Crippen molar-refractivity contribution in [2.24, 2.45) is 0 Å². The van der Waals surface area contributed by atoms with Gasteiger partial charge in [-0.15, -0.1) is 0 Å². The summed E-state index contributed by atoms with van der Waals surface area (Å²) in [5.41, 5.74) is 0.491. The van der Waals surface area contributed by atoms with Crippen molar-refractivity contribution in [3.8, 4) is 0 Å². The maximum atomic E-state index is 11.4. The normalized spacial score (nSPS) is 12.7. The van der Waals surface area contributed by atoms with Crippen LogP contribution in [0.1, 0.15) is 23.2 Å². The summed E-state index contributed by atoms with van der Waals surface area (Å²) in [6, 6.07) is 0. The third kappa shape index (κ3) is 4.80. The van der Waals surface area contributed by atoms with Crippen molar-refractivity contribution >= 4 is 15.8 Å². The van der Waals surface area contributed by atoms with Crippen molar-refractivity contribution < 1.29 is 14.6 Å². The molecule has 0 aliphatic rings. The fourth-order valence-electron chi connectivity index (χ4n) is 1.40. The molecule has 0 aromatic carbocycles. The number of imidazole rings is 1. The van der Waals surface area contributed by atoms with E-state index in [-0.39, 0.29) is 12.4 Å². The van der Waals surface area contributed by atoms with E-state index in [2.05, 4.69) is 23.8 Å². The molecule has 0 unspecified atom stereocenters. The highest BCUT2D eigenvalue weighted by molar-refractivity contribution is 8.32.